The van der Waals surface area contributed by atoms with Gasteiger partial charge in [0.1, 0.15) is 5.75 Å². The first-order valence-corrected chi connectivity index (χ1v) is 8.53. The second-order valence-corrected chi connectivity index (χ2v) is 6.35. The van der Waals surface area contributed by atoms with Gasteiger partial charge in [-0.25, -0.2) is 0 Å². The third-order valence-corrected chi connectivity index (χ3v) is 4.41. The summed E-state index contributed by atoms with van der Waals surface area (Å²) in [5.74, 6) is 0.0974. The van der Waals surface area contributed by atoms with Crippen molar-refractivity contribution < 1.29 is 18.3 Å². The maximum Gasteiger partial charge on any atom is 0.387 e. The fourth-order valence-electron chi connectivity index (χ4n) is 3.34. The van der Waals surface area contributed by atoms with Gasteiger partial charge in [0.15, 0.2) is 0 Å². The number of likely N-dealkylation sites (tertiary alicyclic amines) is 1. The summed E-state index contributed by atoms with van der Waals surface area (Å²) in [6, 6.07) is 2.94. The van der Waals surface area contributed by atoms with Gasteiger partial charge >= 0.3 is 6.61 Å². The largest absolute Gasteiger partial charge is 0.435 e. The van der Waals surface area contributed by atoms with Crippen LogP contribution in [0.25, 0.3) is 0 Å². The Bertz CT molecular complexity index is 559. The van der Waals surface area contributed by atoms with E-state index in [1.54, 1.807) is 13.8 Å². The molecular formula is C18H27ClF2N2O2. The minimum Gasteiger partial charge on any atom is -0.435 e. The molecule has 1 saturated heterocycles. The summed E-state index contributed by atoms with van der Waals surface area (Å²) in [5.41, 5.74) is 2.12. The summed E-state index contributed by atoms with van der Waals surface area (Å²) >= 11 is 0. The van der Waals surface area contributed by atoms with E-state index in [2.05, 4.69) is 21.9 Å². The van der Waals surface area contributed by atoms with Gasteiger partial charge in [0.05, 0.1) is 6.04 Å². The topological polar surface area (TPSA) is 41.6 Å². The lowest BCUT2D eigenvalue weighted by Gasteiger charge is -2.34. The lowest BCUT2D eigenvalue weighted by Crippen LogP contribution is -2.47. The Morgan fingerprint density at radius 3 is 2.52 bits per heavy atom. The summed E-state index contributed by atoms with van der Waals surface area (Å²) < 4.78 is 29.2. The van der Waals surface area contributed by atoms with Crippen LogP contribution in [0.4, 0.5) is 14.5 Å². The van der Waals surface area contributed by atoms with Gasteiger partial charge in [0.2, 0.25) is 5.91 Å². The van der Waals surface area contributed by atoms with Crippen LogP contribution < -0.4 is 10.1 Å². The normalized spacial score (nSPS) is 17.9. The number of amides is 1. The van der Waals surface area contributed by atoms with Crippen molar-refractivity contribution in [3.8, 4) is 5.75 Å². The zero-order chi connectivity index (χ0) is 17.7. The van der Waals surface area contributed by atoms with Crippen molar-refractivity contribution in [1.29, 1.82) is 0 Å². The molecule has 0 aromatic heterocycles. The molecular weight excluding hydrogens is 350 g/mol. The standard InChI is InChI=1S/C18H26F2N2O2.ClH/c1-4-8-22-9-6-5-7-15(22)17(23)21-16-12(2)10-14(11-13(16)3)24-18(19)20;/h10-11,15,18H,4-9H2,1-3H3,(H,21,23);1H. The average Bonchev–Trinajstić information content (AvgIpc) is 2.51. The summed E-state index contributed by atoms with van der Waals surface area (Å²) in [4.78, 5) is 14.9. The molecule has 0 radical (unpaired) electrons. The number of nitrogens with zero attached hydrogens (tertiary/aromatic N) is 1. The number of rotatable bonds is 6. The van der Waals surface area contributed by atoms with Gasteiger partial charge in [-0.1, -0.05) is 13.3 Å². The molecule has 1 atom stereocenters. The second kappa shape index (κ2) is 9.92. The number of alkyl halides is 2. The Hall–Kier alpha value is -1.40. The maximum atomic E-state index is 12.7. The van der Waals surface area contributed by atoms with Gasteiger partial charge in [-0.3, -0.25) is 9.69 Å². The first-order valence-electron chi connectivity index (χ1n) is 8.53. The highest BCUT2D eigenvalue weighted by Crippen LogP contribution is 2.28. The van der Waals surface area contributed by atoms with E-state index in [-0.39, 0.29) is 30.1 Å². The zero-order valence-electron chi connectivity index (χ0n) is 15.0. The molecule has 7 heteroatoms. The maximum absolute atomic E-state index is 12.7. The lowest BCUT2D eigenvalue weighted by atomic mass is 10.0. The summed E-state index contributed by atoms with van der Waals surface area (Å²) in [5, 5.41) is 2.99. The average molecular weight is 377 g/mol. The predicted molar refractivity (Wildman–Crippen MR) is 97.9 cm³/mol. The van der Waals surface area contributed by atoms with Gasteiger partial charge in [-0.2, -0.15) is 8.78 Å². The van der Waals surface area contributed by atoms with Crippen LogP contribution >= 0.6 is 12.4 Å². The molecule has 25 heavy (non-hydrogen) atoms. The van der Waals surface area contributed by atoms with E-state index in [0.717, 1.165) is 49.9 Å². The Morgan fingerprint density at radius 2 is 1.96 bits per heavy atom. The van der Waals surface area contributed by atoms with Crippen molar-refractivity contribution in [2.75, 3.05) is 18.4 Å². The van der Waals surface area contributed by atoms with Crippen LogP contribution in [0.5, 0.6) is 5.75 Å². The first-order chi connectivity index (χ1) is 11.4. The van der Waals surface area contributed by atoms with Crippen molar-refractivity contribution in [2.24, 2.45) is 0 Å². The monoisotopic (exact) mass is 376 g/mol. The van der Waals surface area contributed by atoms with Crippen molar-refractivity contribution in [1.82, 2.24) is 4.90 Å². The Kier molecular flexibility index (Phi) is 8.59. The first kappa shape index (κ1) is 21.6. The SMILES string of the molecule is CCCN1CCCCC1C(=O)Nc1c(C)cc(OC(F)F)cc1C.Cl. The van der Waals surface area contributed by atoms with Gasteiger partial charge in [0, 0.05) is 5.69 Å². The van der Waals surface area contributed by atoms with Crippen LogP contribution in [-0.4, -0.2) is 36.5 Å². The Labute approximate surface area is 154 Å². The molecule has 142 valence electrons. The summed E-state index contributed by atoms with van der Waals surface area (Å²) in [6.45, 7) is 4.69. The Morgan fingerprint density at radius 1 is 1.32 bits per heavy atom. The highest BCUT2D eigenvalue weighted by atomic mass is 35.5. The van der Waals surface area contributed by atoms with Crippen LogP contribution in [0.2, 0.25) is 0 Å². The van der Waals surface area contributed by atoms with E-state index in [1.807, 2.05) is 0 Å². The van der Waals surface area contributed by atoms with Crippen LogP contribution in [0.15, 0.2) is 12.1 Å². The summed E-state index contributed by atoms with van der Waals surface area (Å²) in [7, 11) is 0. The van der Waals surface area contributed by atoms with Crippen molar-refractivity contribution in [2.45, 2.75) is 59.1 Å². The molecule has 0 spiro atoms. The van der Waals surface area contributed by atoms with Crippen LogP contribution in [0, 0.1) is 13.8 Å². The van der Waals surface area contributed by atoms with Crippen molar-refractivity contribution >= 4 is 24.0 Å². The molecule has 1 heterocycles. The van der Waals surface area contributed by atoms with E-state index in [4.69, 9.17) is 0 Å². The minimum atomic E-state index is -2.85. The number of carbonyl (C=O) groups is 1. The molecule has 2 rings (SSSR count). The molecule has 1 N–H and O–H groups in total. The molecule has 1 aromatic carbocycles. The van der Waals surface area contributed by atoms with Gasteiger partial charge < -0.3 is 10.1 Å². The number of nitrogens with one attached hydrogen (secondary N) is 1. The van der Waals surface area contributed by atoms with Crippen LogP contribution in [-0.2, 0) is 4.79 Å². The molecule has 1 amide bonds. The zero-order valence-corrected chi connectivity index (χ0v) is 15.8. The second-order valence-electron chi connectivity index (χ2n) is 6.35. The number of hydrogen-bond acceptors (Lipinski definition) is 3. The number of halogens is 3. The highest BCUT2D eigenvalue weighted by molar-refractivity contribution is 5.96. The fourth-order valence-corrected chi connectivity index (χ4v) is 3.34. The van der Waals surface area contributed by atoms with Gasteiger partial charge in [-0.05, 0) is 69.5 Å². The summed E-state index contributed by atoms with van der Waals surface area (Å²) in [6.07, 6.45) is 4.05. The quantitative estimate of drug-likeness (QED) is 0.793. The van der Waals surface area contributed by atoms with Crippen LogP contribution in [0.1, 0.15) is 43.7 Å². The van der Waals surface area contributed by atoms with E-state index in [1.165, 1.54) is 12.1 Å². The molecule has 0 saturated carbocycles. The third-order valence-electron chi connectivity index (χ3n) is 4.41. The molecule has 1 aliphatic heterocycles. The Balaban J connectivity index is 0.00000312. The third kappa shape index (κ3) is 5.82. The van der Waals surface area contributed by atoms with Crippen LogP contribution in [0.3, 0.4) is 0 Å². The van der Waals surface area contributed by atoms with E-state index >= 15 is 0 Å². The molecule has 4 nitrogen and oxygen atoms in total. The molecule has 1 unspecified atom stereocenters. The number of piperidine rings is 1. The number of hydrogen-bond donors (Lipinski definition) is 1. The molecule has 0 aliphatic carbocycles. The number of carbonyl (C=O) groups excluding carboxylic acids is 1. The number of benzene rings is 1. The molecule has 1 fully saturated rings. The number of anilines is 1. The molecule has 1 aliphatic rings. The van der Waals surface area contributed by atoms with Crippen molar-refractivity contribution in [3.05, 3.63) is 23.3 Å². The number of ether oxygens (including phenoxy) is 1. The van der Waals surface area contributed by atoms with E-state index in [9.17, 15) is 13.6 Å². The fraction of sp³-hybridized carbons (Fsp3) is 0.611. The smallest absolute Gasteiger partial charge is 0.387 e. The van der Waals surface area contributed by atoms with E-state index in [0.29, 0.717) is 5.69 Å². The lowest BCUT2D eigenvalue weighted by molar-refractivity contribution is -0.122. The highest BCUT2D eigenvalue weighted by Gasteiger charge is 2.28. The van der Waals surface area contributed by atoms with Gasteiger partial charge in [-0.15, -0.1) is 12.4 Å². The van der Waals surface area contributed by atoms with E-state index < -0.39 is 6.61 Å². The number of aryl methyl sites for hydroxylation is 2. The minimum absolute atomic E-state index is 0. The molecule has 0 bridgehead atoms. The predicted octanol–water partition coefficient (Wildman–Crippen LogP) is 4.53. The molecule has 1 aromatic rings. The van der Waals surface area contributed by atoms with Crippen molar-refractivity contribution in [3.63, 3.8) is 0 Å². The van der Waals surface area contributed by atoms with Gasteiger partial charge in [0.25, 0.3) is 0 Å².